The molecule has 1 atom stereocenters. The predicted octanol–water partition coefficient (Wildman–Crippen LogP) is 2.13. The molecule has 9 heteroatoms. The normalized spacial score (nSPS) is 17.8. The van der Waals surface area contributed by atoms with Crippen LogP contribution in [0.5, 0.6) is 0 Å². The van der Waals surface area contributed by atoms with Crippen LogP contribution in [0.25, 0.3) is 12.2 Å². The first-order valence-corrected chi connectivity index (χ1v) is 11.3. The number of hydrogen-bond acceptors (Lipinski definition) is 5. The van der Waals surface area contributed by atoms with Gasteiger partial charge in [-0.25, -0.2) is 9.18 Å². The Hall–Kier alpha value is -2.45. The summed E-state index contributed by atoms with van der Waals surface area (Å²) in [6.07, 6.45) is 4.50. The van der Waals surface area contributed by atoms with Gasteiger partial charge in [-0.05, 0) is 43.9 Å². The molecule has 3 rings (SSSR count). The van der Waals surface area contributed by atoms with Crippen LogP contribution in [0.3, 0.4) is 0 Å². The molecule has 2 heterocycles. The SMILES string of the molecule is CCOC(=O)/C=c1\s/c(=C\c2c(F)cccc2Cl)c(=O)n1CC(=O)N1CCCC(C)C1. The lowest BCUT2D eigenvalue weighted by Gasteiger charge is -2.31. The minimum Gasteiger partial charge on any atom is -0.463 e. The minimum absolute atomic E-state index is 0.0773. The monoisotopic (exact) mass is 466 g/mol. The van der Waals surface area contributed by atoms with Crippen molar-refractivity contribution < 1.29 is 18.7 Å². The highest BCUT2D eigenvalue weighted by molar-refractivity contribution is 7.07. The molecule has 0 bridgehead atoms. The first kappa shape index (κ1) is 23.2. The zero-order chi connectivity index (χ0) is 22.5. The fourth-order valence-electron chi connectivity index (χ4n) is 3.51. The van der Waals surface area contributed by atoms with Crippen LogP contribution >= 0.6 is 22.9 Å². The summed E-state index contributed by atoms with van der Waals surface area (Å²) in [6.45, 7) is 5.02. The second-order valence-electron chi connectivity index (χ2n) is 7.46. The molecule has 1 aliphatic rings. The molecule has 1 unspecified atom stereocenters. The quantitative estimate of drug-likeness (QED) is 0.633. The number of carbonyl (C=O) groups excluding carboxylic acids is 2. The number of aromatic nitrogens is 1. The number of thiazole rings is 1. The average Bonchev–Trinajstić information content (AvgIpc) is 2.99. The van der Waals surface area contributed by atoms with Crippen molar-refractivity contribution in [3.8, 4) is 0 Å². The first-order valence-electron chi connectivity index (χ1n) is 10.1. The number of carbonyl (C=O) groups is 2. The Balaban J connectivity index is 2.06. The van der Waals surface area contributed by atoms with Crippen molar-refractivity contribution in [2.24, 2.45) is 5.92 Å². The molecule has 1 fully saturated rings. The van der Waals surface area contributed by atoms with E-state index in [0.717, 1.165) is 24.2 Å². The highest BCUT2D eigenvalue weighted by Crippen LogP contribution is 2.19. The van der Waals surface area contributed by atoms with Crippen molar-refractivity contribution in [2.75, 3.05) is 19.7 Å². The number of hydrogen-bond donors (Lipinski definition) is 0. The number of ether oxygens (including phenoxy) is 1. The molecule has 0 saturated carbocycles. The third kappa shape index (κ3) is 5.62. The molecule has 0 aliphatic carbocycles. The molecule has 0 spiro atoms. The highest BCUT2D eigenvalue weighted by Gasteiger charge is 2.22. The Morgan fingerprint density at radius 3 is 2.84 bits per heavy atom. The Bertz CT molecular complexity index is 1140. The smallest absolute Gasteiger partial charge is 0.333 e. The maximum absolute atomic E-state index is 14.2. The van der Waals surface area contributed by atoms with E-state index >= 15 is 0 Å². The van der Waals surface area contributed by atoms with E-state index in [0.29, 0.717) is 19.0 Å². The van der Waals surface area contributed by atoms with Gasteiger partial charge in [0.2, 0.25) is 5.91 Å². The number of likely N-dealkylation sites (tertiary alicyclic amines) is 1. The molecule has 1 aromatic heterocycles. The van der Waals surface area contributed by atoms with Gasteiger partial charge in [0, 0.05) is 18.7 Å². The number of benzene rings is 1. The van der Waals surface area contributed by atoms with Crippen LogP contribution in [0.2, 0.25) is 5.02 Å². The highest BCUT2D eigenvalue weighted by atomic mass is 35.5. The van der Waals surface area contributed by atoms with Crippen LogP contribution in [-0.2, 0) is 20.9 Å². The summed E-state index contributed by atoms with van der Waals surface area (Å²) in [5.41, 5.74) is -0.410. The largest absolute Gasteiger partial charge is 0.463 e. The molecule has 1 amide bonds. The fourth-order valence-corrected chi connectivity index (χ4v) is 4.74. The lowest BCUT2D eigenvalue weighted by molar-refractivity contribution is -0.136. The molecular weight excluding hydrogens is 443 g/mol. The second-order valence-corrected chi connectivity index (χ2v) is 8.93. The number of nitrogens with zero attached hydrogens (tertiary/aromatic N) is 2. The Labute approximate surface area is 188 Å². The van der Waals surface area contributed by atoms with Crippen molar-refractivity contribution >= 4 is 47.0 Å². The third-order valence-corrected chi connectivity index (χ3v) is 6.43. The molecule has 1 aliphatic heterocycles. The number of rotatable bonds is 5. The minimum atomic E-state index is -0.619. The molecule has 1 aromatic carbocycles. The van der Waals surface area contributed by atoms with Crippen LogP contribution in [0.15, 0.2) is 23.0 Å². The Morgan fingerprint density at radius 1 is 1.39 bits per heavy atom. The third-order valence-electron chi connectivity index (χ3n) is 5.04. The van der Waals surface area contributed by atoms with Crippen molar-refractivity contribution in [1.29, 1.82) is 0 Å². The van der Waals surface area contributed by atoms with Crippen molar-refractivity contribution in [3.63, 3.8) is 0 Å². The lowest BCUT2D eigenvalue weighted by atomic mass is 10.0. The number of esters is 1. The summed E-state index contributed by atoms with van der Waals surface area (Å²) < 4.78 is 20.8. The van der Waals surface area contributed by atoms with E-state index in [1.165, 1.54) is 34.9 Å². The van der Waals surface area contributed by atoms with Crippen LogP contribution in [0.1, 0.15) is 32.3 Å². The van der Waals surface area contributed by atoms with Gasteiger partial charge >= 0.3 is 5.97 Å². The van der Waals surface area contributed by atoms with Gasteiger partial charge in [0.1, 0.15) is 17.0 Å². The second kappa shape index (κ2) is 10.2. The van der Waals surface area contributed by atoms with Gasteiger partial charge in [0.15, 0.2) is 0 Å². The number of halogens is 2. The van der Waals surface area contributed by atoms with Gasteiger partial charge in [-0.2, -0.15) is 0 Å². The Morgan fingerprint density at radius 2 is 2.16 bits per heavy atom. The summed E-state index contributed by atoms with van der Waals surface area (Å²) in [6, 6.07) is 4.24. The number of piperidine rings is 1. The van der Waals surface area contributed by atoms with E-state index in [9.17, 15) is 18.8 Å². The molecule has 2 aromatic rings. The molecule has 0 N–H and O–H groups in total. The van der Waals surface area contributed by atoms with Crippen LogP contribution in [-0.4, -0.2) is 41.0 Å². The Kier molecular flexibility index (Phi) is 7.67. The van der Waals surface area contributed by atoms with E-state index in [4.69, 9.17) is 16.3 Å². The molecule has 6 nitrogen and oxygen atoms in total. The van der Waals surface area contributed by atoms with E-state index in [1.807, 2.05) is 0 Å². The van der Waals surface area contributed by atoms with E-state index in [1.54, 1.807) is 11.8 Å². The zero-order valence-electron chi connectivity index (χ0n) is 17.4. The maximum atomic E-state index is 14.2. The van der Waals surface area contributed by atoms with Gasteiger partial charge in [-0.3, -0.25) is 14.2 Å². The first-order chi connectivity index (χ1) is 14.8. The van der Waals surface area contributed by atoms with Crippen molar-refractivity contribution in [2.45, 2.75) is 33.2 Å². The molecule has 166 valence electrons. The molecule has 31 heavy (non-hydrogen) atoms. The zero-order valence-corrected chi connectivity index (χ0v) is 19.0. The lowest BCUT2D eigenvalue weighted by Crippen LogP contribution is -2.44. The average molecular weight is 467 g/mol. The fraction of sp³-hybridized carbons (Fsp3) is 0.409. The summed E-state index contributed by atoms with van der Waals surface area (Å²) in [4.78, 5) is 39.7. The summed E-state index contributed by atoms with van der Waals surface area (Å²) >= 11 is 7.07. The summed E-state index contributed by atoms with van der Waals surface area (Å²) in [5.74, 6) is -0.983. The predicted molar refractivity (Wildman–Crippen MR) is 119 cm³/mol. The number of amides is 1. The van der Waals surface area contributed by atoms with Gasteiger partial charge in [0.05, 0.1) is 22.2 Å². The molecular formula is C22H24ClFN2O4S. The van der Waals surface area contributed by atoms with E-state index < -0.39 is 17.3 Å². The van der Waals surface area contributed by atoms with Gasteiger partial charge in [0.25, 0.3) is 5.56 Å². The molecule has 0 radical (unpaired) electrons. The molecule has 1 saturated heterocycles. The maximum Gasteiger partial charge on any atom is 0.333 e. The van der Waals surface area contributed by atoms with Crippen LogP contribution in [0.4, 0.5) is 4.39 Å². The van der Waals surface area contributed by atoms with E-state index in [-0.39, 0.29) is 38.8 Å². The van der Waals surface area contributed by atoms with Crippen LogP contribution in [0, 0.1) is 11.7 Å². The standard InChI is InChI=1S/C22H24ClFN2O4S/c1-3-30-21(28)11-20-26(13-19(27)25-9-5-6-14(2)12-25)22(29)18(31-20)10-15-16(23)7-4-8-17(15)24/h4,7-8,10-11,14H,3,5-6,9,12-13H2,1-2H3/b18-10-,20-11-. The van der Waals surface area contributed by atoms with Gasteiger partial charge in [-0.1, -0.05) is 24.6 Å². The summed E-state index contributed by atoms with van der Waals surface area (Å²) in [5, 5.41) is 0.161. The van der Waals surface area contributed by atoms with Crippen molar-refractivity contribution in [1.82, 2.24) is 9.47 Å². The topological polar surface area (TPSA) is 68.6 Å². The van der Waals surface area contributed by atoms with Crippen molar-refractivity contribution in [3.05, 3.63) is 54.2 Å². The van der Waals surface area contributed by atoms with Gasteiger partial charge in [-0.15, -0.1) is 11.3 Å². The summed E-state index contributed by atoms with van der Waals surface area (Å²) in [7, 11) is 0. The van der Waals surface area contributed by atoms with Crippen LogP contribution < -0.4 is 14.8 Å². The van der Waals surface area contributed by atoms with E-state index in [2.05, 4.69) is 6.92 Å². The van der Waals surface area contributed by atoms with Gasteiger partial charge < -0.3 is 9.64 Å².